The summed E-state index contributed by atoms with van der Waals surface area (Å²) in [5.74, 6) is -0.732. The maximum Gasteiger partial charge on any atom is 0.244 e. The number of rotatable bonds is 9. The lowest BCUT2D eigenvalue weighted by atomic mass is 9.95. The van der Waals surface area contributed by atoms with E-state index < -0.39 is 28.5 Å². The van der Waals surface area contributed by atoms with Gasteiger partial charge in [0.05, 0.1) is 11.9 Å². The first-order chi connectivity index (χ1) is 17.0. The van der Waals surface area contributed by atoms with Crippen LogP contribution < -0.4 is 9.62 Å². The van der Waals surface area contributed by atoms with Crippen molar-refractivity contribution >= 4 is 39.1 Å². The predicted octanol–water partition coefficient (Wildman–Crippen LogP) is 4.59. The fraction of sp³-hybridized carbons (Fsp3) is 0.481. The van der Waals surface area contributed by atoms with Gasteiger partial charge >= 0.3 is 0 Å². The smallest absolute Gasteiger partial charge is 0.244 e. The first kappa shape index (κ1) is 28.0. The molecule has 0 aromatic heterocycles. The molecule has 196 valence electrons. The van der Waals surface area contributed by atoms with Gasteiger partial charge in [0.15, 0.2) is 0 Å². The third-order valence-electron chi connectivity index (χ3n) is 6.88. The molecule has 1 aliphatic rings. The number of carbonyl (C=O) groups excluding carboxylic acids is 2. The Morgan fingerprint density at radius 2 is 1.72 bits per heavy atom. The molecule has 3 rings (SSSR count). The van der Waals surface area contributed by atoms with Crippen LogP contribution in [0.1, 0.15) is 55.7 Å². The quantitative estimate of drug-likeness (QED) is 0.511. The highest BCUT2D eigenvalue weighted by Crippen LogP contribution is 2.24. The molecule has 2 amide bonds. The Hall–Kier alpha value is -2.58. The van der Waals surface area contributed by atoms with Crippen molar-refractivity contribution in [3.8, 4) is 0 Å². The summed E-state index contributed by atoms with van der Waals surface area (Å²) in [6.07, 6.45) is 6.23. The summed E-state index contributed by atoms with van der Waals surface area (Å²) in [6.45, 7) is 5.17. The monoisotopic (exact) mass is 533 g/mol. The molecule has 0 radical (unpaired) electrons. The van der Waals surface area contributed by atoms with Gasteiger partial charge in [-0.05, 0) is 68.5 Å². The molecule has 2 aromatic rings. The molecule has 7 nitrogen and oxygen atoms in total. The summed E-state index contributed by atoms with van der Waals surface area (Å²) in [5, 5.41) is 3.56. The maximum absolute atomic E-state index is 13.7. The minimum Gasteiger partial charge on any atom is -0.352 e. The molecule has 1 fully saturated rings. The summed E-state index contributed by atoms with van der Waals surface area (Å²) in [5.41, 5.74) is 3.03. The van der Waals surface area contributed by atoms with Crippen molar-refractivity contribution in [3.63, 3.8) is 0 Å². The highest BCUT2D eigenvalue weighted by atomic mass is 35.5. The van der Waals surface area contributed by atoms with Crippen LogP contribution in [0.4, 0.5) is 5.69 Å². The van der Waals surface area contributed by atoms with Crippen molar-refractivity contribution < 1.29 is 18.0 Å². The molecule has 0 heterocycles. The largest absolute Gasteiger partial charge is 0.352 e. The minimum atomic E-state index is -3.77. The fourth-order valence-electron chi connectivity index (χ4n) is 4.46. The lowest BCUT2D eigenvalue weighted by Gasteiger charge is -2.33. The third-order valence-corrected chi connectivity index (χ3v) is 8.38. The van der Waals surface area contributed by atoms with Crippen molar-refractivity contribution in [2.75, 3.05) is 17.1 Å². The number of aryl methyl sites for hydroxylation is 2. The fourth-order valence-corrected chi connectivity index (χ4v) is 5.49. The SMILES string of the molecule is Cc1ccc(N(CC(=O)N(Cc2ccccc2Cl)[C@H](C)C(=O)NC2CCCCC2)S(C)(=O)=O)cc1C. The van der Waals surface area contributed by atoms with Crippen LogP contribution in [-0.2, 0) is 26.2 Å². The summed E-state index contributed by atoms with van der Waals surface area (Å²) in [7, 11) is -3.77. The Kier molecular flexibility index (Phi) is 9.41. The second-order valence-electron chi connectivity index (χ2n) is 9.67. The highest BCUT2D eigenvalue weighted by Gasteiger charge is 2.31. The van der Waals surface area contributed by atoms with Crippen LogP contribution in [0.15, 0.2) is 42.5 Å². The van der Waals surface area contributed by atoms with E-state index in [2.05, 4.69) is 5.32 Å². The molecule has 0 aliphatic heterocycles. The number of hydrogen-bond donors (Lipinski definition) is 1. The molecule has 1 atom stereocenters. The van der Waals surface area contributed by atoms with E-state index in [-0.39, 0.29) is 18.5 Å². The Balaban J connectivity index is 1.89. The first-order valence-corrected chi connectivity index (χ1v) is 14.6. The van der Waals surface area contributed by atoms with Crippen LogP contribution in [0.3, 0.4) is 0 Å². The van der Waals surface area contributed by atoms with Crippen molar-refractivity contribution in [1.29, 1.82) is 0 Å². The van der Waals surface area contributed by atoms with Gasteiger partial charge in [-0.25, -0.2) is 8.42 Å². The van der Waals surface area contributed by atoms with Gasteiger partial charge in [0.25, 0.3) is 0 Å². The van der Waals surface area contributed by atoms with Gasteiger partial charge in [-0.3, -0.25) is 13.9 Å². The number of halogens is 1. The molecule has 0 spiro atoms. The molecule has 1 saturated carbocycles. The van der Waals surface area contributed by atoms with Crippen molar-refractivity contribution in [1.82, 2.24) is 10.2 Å². The lowest BCUT2D eigenvalue weighted by Crippen LogP contribution is -2.53. The molecular weight excluding hydrogens is 498 g/mol. The zero-order valence-electron chi connectivity index (χ0n) is 21.5. The number of anilines is 1. The van der Waals surface area contributed by atoms with E-state index >= 15 is 0 Å². The normalized spacial score (nSPS) is 15.2. The topological polar surface area (TPSA) is 86.8 Å². The number of nitrogens with one attached hydrogen (secondary N) is 1. The van der Waals surface area contributed by atoms with Gasteiger partial charge in [-0.1, -0.05) is 55.1 Å². The molecule has 36 heavy (non-hydrogen) atoms. The molecule has 2 aromatic carbocycles. The Labute approximate surface area is 219 Å². The van der Waals surface area contributed by atoms with E-state index in [1.54, 1.807) is 37.3 Å². The second kappa shape index (κ2) is 12.1. The number of amides is 2. The zero-order valence-corrected chi connectivity index (χ0v) is 23.0. The Morgan fingerprint density at radius 1 is 1.06 bits per heavy atom. The molecule has 1 N–H and O–H groups in total. The van der Waals surface area contributed by atoms with Crippen molar-refractivity contribution in [2.24, 2.45) is 0 Å². The van der Waals surface area contributed by atoms with E-state index in [9.17, 15) is 18.0 Å². The lowest BCUT2D eigenvalue weighted by molar-refractivity contribution is -0.139. The van der Waals surface area contributed by atoms with E-state index in [0.29, 0.717) is 16.3 Å². The summed E-state index contributed by atoms with van der Waals surface area (Å²) < 4.78 is 26.5. The van der Waals surface area contributed by atoms with Crippen LogP contribution in [-0.4, -0.2) is 50.0 Å². The van der Waals surface area contributed by atoms with E-state index in [4.69, 9.17) is 11.6 Å². The number of benzene rings is 2. The number of sulfonamides is 1. The van der Waals surface area contributed by atoms with Crippen molar-refractivity contribution in [2.45, 2.75) is 71.5 Å². The summed E-state index contributed by atoms with van der Waals surface area (Å²) in [6, 6.07) is 11.7. The Morgan fingerprint density at radius 3 is 2.33 bits per heavy atom. The molecule has 0 saturated heterocycles. The van der Waals surface area contributed by atoms with Crippen LogP contribution in [0.25, 0.3) is 0 Å². The van der Waals surface area contributed by atoms with Gasteiger partial charge < -0.3 is 10.2 Å². The predicted molar refractivity (Wildman–Crippen MR) is 145 cm³/mol. The van der Waals surface area contributed by atoms with Gasteiger partial charge in [-0.15, -0.1) is 0 Å². The van der Waals surface area contributed by atoms with Crippen LogP contribution in [0, 0.1) is 13.8 Å². The average molecular weight is 534 g/mol. The highest BCUT2D eigenvalue weighted by molar-refractivity contribution is 7.92. The average Bonchev–Trinajstić information content (AvgIpc) is 2.83. The van der Waals surface area contributed by atoms with Crippen LogP contribution in [0.2, 0.25) is 5.02 Å². The van der Waals surface area contributed by atoms with E-state index in [1.807, 2.05) is 26.0 Å². The maximum atomic E-state index is 13.7. The Bertz CT molecular complexity index is 1200. The van der Waals surface area contributed by atoms with Crippen LogP contribution in [0.5, 0.6) is 0 Å². The summed E-state index contributed by atoms with van der Waals surface area (Å²) in [4.78, 5) is 28.3. The first-order valence-electron chi connectivity index (χ1n) is 12.4. The molecule has 1 aliphatic carbocycles. The third kappa shape index (κ3) is 7.23. The standard InChI is InChI=1S/C27H36ClN3O4S/c1-19-14-15-24(16-20(19)2)31(36(4,34)35)18-26(32)30(17-22-10-8-9-13-25(22)28)21(3)27(33)29-23-11-6-5-7-12-23/h8-10,13-16,21,23H,5-7,11-12,17-18H2,1-4H3,(H,29,33)/t21-/m1/s1. The van der Waals surface area contributed by atoms with Gasteiger partial charge in [0, 0.05) is 17.6 Å². The van der Waals surface area contributed by atoms with Crippen molar-refractivity contribution in [3.05, 3.63) is 64.2 Å². The molecule has 9 heteroatoms. The second-order valence-corrected chi connectivity index (χ2v) is 12.0. The van der Waals surface area contributed by atoms with Gasteiger partial charge in [-0.2, -0.15) is 0 Å². The zero-order chi connectivity index (χ0) is 26.5. The van der Waals surface area contributed by atoms with E-state index in [0.717, 1.165) is 47.4 Å². The van der Waals surface area contributed by atoms with E-state index in [1.165, 1.54) is 11.3 Å². The van der Waals surface area contributed by atoms with Gasteiger partial charge in [0.2, 0.25) is 21.8 Å². The molecule has 0 unspecified atom stereocenters. The molecular formula is C27H36ClN3O4S. The number of hydrogen-bond acceptors (Lipinski definition) is 4. The van der Waals surface area contributed by atoms with Gasteiger partial charge in [0.1, 0.15) is 12.6 Å². The van der Waals surface area contributed by atoms with Crippen LogP contribution >= 0.6 is 11.6 Å². The minimum absolute atomic E-state index is 0.0856. The number of nitrogens with zero attached hydrogens (tertiary/aromatic N) is 2. The summed E-state index contributed by atoms with van der Waals surface area (Å²) >= 11 is 6.37. The number of carbonyl (C=O) groups is 2. The molecule has 0 bridgehead atoms.